The molecule has 18 heavy (non-hydrogen) atoms. The van der Waals surface area contributed by atoms with Crippen LogP contribution in [-0.2, 0) is 14.3 Å². The Balaban J connectivity index is 2.27. The van der Waals surface area contributed by atoms with Crippen LogP contribution in [0.1, 0.15) is 33.1 Å². The van der Waals surface area contributed by atoms with Gasteiger partial charge in [-0.05, 0) is 26.2 Å². The highest BCUT2D eigenvalue weighted by atomic mass is 16.5. The Bertz CT molecular complexity index is 388. The highest BCUT2D eigenvalue weighted by Crippen LogP contribution is 2.31. The number of nitrogens with one attached hydrogen (secondary N) is 1. The van der Waals surface area contributed by atoms with Crippen LogP contribution in [0.15, 0.2) is 0 Å². The van der Waals surface area contributed by atoms with Gasteiger partial charge >= 0.3 is 6.03 Å². The second kappa shape index (κ2) is 4.68. The van der Waals surface area contributed by atoms with Gasteiger partial charge in [0.2, 0.25) is 11.8 Å². The van der Waals surface area contributed by atoms with E-state index in [9.17, 15) is 14.4 Å². The lowest BCUT2D eigenvalue weighted by Gasteiger charge is -2.45. The number of imide groups is 2. The molecule has 1 unspecified atom stereocenters. The maximum absolute atomic E-state index is 12.3. The van der Waals surface area contributed by atoms with E-state index >= 15 is 0 Å². The maximum Gasteiger partial charge on any atom is 0.331 e. The van der Waals surface area contributed by atoms with Gasteiger partial charge in [0.05, 0.1) is 5.54 Å². The molecule has 2 saturated heterocycles. The first-order valence-corrected chi connectivity index (χ1v) is 6.26. The summed E-state index contributed by atoms with van der Waals surface area (Å²) in [5.74, 6) is -1.61. The molecule has 0 saturated carbocycles. The molecule has 6 heteroatoms. The number of hydrogen-bond acceptors (Lipinski definition) is 4. The van der Waals surface area contributed by atoms with Crippen molar-refractivity contribution in [2.24, 2.45) is 5.92 Å². The first kappa shape index (κ1) is 13.0. The molecule has 2 fully saturated rings. The molecule has 2 aliphatic rings. The quantitative estimate of drug-likeness (QED) is 0.734. The highest BCUT2D eigenvalue weighted by Gasteiger charge is 2.48. The summed E-state index contributed by atoms with van der Waals surface area (Å²) in [4.78, 5) is 37.0. The standard InChI is InChI=1S/C12H18N2O4/c1-3-8-9(15)13-11(17)14(10(8)16)12(2)4-6-18-7-5-12/h8H,3-7H2,1-2H3,(H,13,15,17). The van der Waals surface area contributed by atoms with Gasteiger partial charge in [0, 0.05) is 13.2 Å². The first-order chi connectivity index (χ1) is 8.49. The van der Waals surface area contributed by atoms with Gasteiger partial charge in [-0.3, -0.25) is 19.8 Å². The monoisotopic (exact) mass is 254 g/mol. The fourth-order valence-electron chi connectivity index (χ4n) is 2.52. The van der Waals surface area contributed by atoms with Crippen LogP contribution in [-0.4, -0.2) is 41.5 Å². The van der Waals surface area contributed by atoms with Crippen LogP contribution in [0.5, 0.6) is 0 Å². The van der Waals surface area contributed by atoms with Crippen LogP contribution in [0.3, 0.4) is 0 Å². The Morgan fingerprint density at radius 3 is 2.50 bits per heavy atom. The molecule has 0 radical (unpaired) electrons. The minimum absolute atomic E-state index is 0.379. The molecule has 0 aromatic carbocycles. The molecule has 100 valence electrons. The second-order valence-electron chi connectivity index (χ2n) is 5.04. The van der Waals surface area contributed by atoms with E-state index in [0.717, 1.165) is 0 Å². The molecule has 1 atom stereocenters. The van der Waals surface area contributed by atoms with Crippen molar-refractivity contribution in [1.82, 2.24) is 10.2 Å². The van der Waals surface area contributed by atoms with Gasteiger partial charge in [0.1, 0.15) is 5.92 Å². The summed E-state index contributed by atoms with van der Waals surface area (Å²) >= 11 is 0. The SMILES string of the molecule is CCC1C(=O)NC(=O)N(C2(C)CCOCC2)C1=O. The molecule has 2 aliphatic heterocycles. The van der Waals surface area contributed by atoms with Crippen molar-refractivity contribution in [3.8, 4) is 0 Å². The predicted octanol–water partition coefficient (Wildman–Crippen LogP) is 0.660. The lowest BCUT2D eigenvalue weighted by atomic mass is 9.87. The highest BCUT2D eigenvalue weighted by molar-refractivity contribution is 6.16. The Hall–Kier alpha value is -1.43. The summed E-state index contributed by atoms with van der Waals surface area (Å²) in [6, 6.07) is -0.598. The van der Waals surface area contributed by atoms with Crippen LogP contribution in [0.4, 0.5) is 4.79 Å². The molecule has 0 spiro atoms. The first-order valence-electron chi connectivity index (χ1n) is 6.26. The van der Waals surface area contributed by atoms with Gasteiger partial charge in [-0.1, -0.05) is 6.92 Å². The van der Waals surface area contributed by atoms with Gasteiger partial charge in [-0.2, -0.15) is 0 Å². The van der Waals surface area contributed by atoms with E-state index in [4.69, 9.17) is 4.74 Å². The number of barbiturate groups is 1. The summed E-state index contributed by atoms with van der Waals surface area (Å²) in [5.41, 5.74) is -0.548. The smallest absolute Gasteiger partial charge is 0.331 e. The van der Waals surface area contributed by atoms with Gasteiger partial charge in [0.15, 0.2) is 0 Å². The van der Waals surface area contributed by atoms with Gasteiger partial charge in [-0.25, -0.2) is 4.79 Å². The third kappa shape index (κ3) is 2.01. The number of carbonyl (C=O) groups is 3. The molecule has 2 heterocycles. The Morgan fingerprint density at radius 2 is 1.94 bits per heavy atom. The van der Waals surface area contributed by atoms with Crippen molar-refractivity contribution in [3.05, 3.63) is 0 Å². The van der Waals surface area contributed by atoms with Gasteiger partial charge in [-0.15, -0.1) is 0 Å². The third-order valence-corrected chi connectivity index (χ3v) is 3.79. The van der Waals surface area contributed by atoms with E-state index in [1.54, 1.807) is 6.92 Å². The maximum atomic E-state index is 12.3. The normalized spacial score (nSPS) is 28.2. The van der Waals surface area contributed by atoms with Crippen molar-refractivity contribution in [2.45, 2.75) is 38.6 Å². The van der Waals surface area contributed by atoms with Crippen LogP contribution in [0.2, 0.25) is 0 Å². The Labute approximate surface area is 106 Å². The number of hydrogen-bond donors (Lipinski definition) is 1. The van der Waals surface area contributed by atoms with E-state index in [0.29, 0.717) is 32.5 Å². The molecule has 0 aromatic rings. The van der Waals surface area contributed by atoms with Gasteiger partial charge in [0.25, 0.3) is 0 Å². The summed E-state index contributed by atoms with van der Waals surface area (Å²) < 4.78 is 5.26. The zero-order valence-electron chi connectivity index (χ0n) is 10.7. The van der Waals surface area contributed by atoms with Crippen molar-refractivity contribution < 1.29 is 19.1 Å². The molecule has 0 aliphatic carbocycles. The van der Waals surface area contributed by atoms with Crippen LogP contribution in [0.25, 0.3) is 0 Å². The average Bonchev–Trinajstić information content (AvgIpc) is 2.29. The van der Waals surface area contributed by atoms with E-state index < -0.39 is 23.4 Å². The molecule has 4 amide bonds. The summed E-state index contributed by atoms with van der Waals surface area (Å²) in [5, 5.41) is 2.27. The Morgan fingerprint density at radius 1 is 1.33 bits per heavy atom. The lowest BCUT2D eigenvalue weighted by Crippen LogP contribution is -2.65. The number of ether oxygens (including phenoxy) is 1. The predicted molar refractivity (Wildman–Crippen MR) is 62.6 cm³/mol. The zero-order valence-corrected chi connectivity index (χ0v) is 10.7. The van der Waals surface area contributed by atoms with Crippen molar-refractivity contribution >= 4 is 17.8 Å². The number of amides is 4. The summed E-state index contributed by atoms with van der Waals surface area (Å²) in [6.45, 7) is 4.69. The largest absolute Gasteiger partial charge is 0.381 e. The minimum Gasteiger partial charge on any atom is -0.381 e. The molecule has 2 rings (SSSR count). The number of nitrogens with zero attached hydrogens (tertiary/aromatic N) is 1. The fourth-order valence-corrected chi connectivity index (χ4v) is 2.52. The fraction of sp³-hybridized carbons (Fsp3) is 0.750. The van der Waals surface area contributed by atoms with E-state index in [2.05, 4.69) is 5.32 Å². The average molecular weight is 254 g/mol. The zero-order chi connectivity index (χ0) is 13.3. The van der Waals surface area contributed by atoms with E-state index in [-0.39, 0.29) is 5.91 Å². The van der Waals surface area contributed by atoms with Crippen molar-refractivity contribution in [1.29, 1.82) is 0 Å². The topological polar surface area (TPSA) is 75.7 Å². The molecule has 0 aromatic heterocycles. The van der Waals surface area contributed by atoms with Crippen LogP contribution < -0.4 is 5.32 Å². The van der Waals surface area contributed by atoms with Crippen molar-refractivity contribution in [3.63, 3.8) is 0 Å². The lowest BCUT2D eigenvalue weighted by molar-refractivity contribution is -0.148. The molecule has 1 N–H and O–H groups in total. The number of rotatable bonds is 2. The molecular formula is C12H18N2O4. The van der Waals surface area contributed by atoms with Crippen molar-refractivity contribution in [2.75, 3.05) is 13.2 Å². The summed E-state index contributed by atoms with van der Waals surface area (Å²) in [7, 11) is 0. The molecular weight excluding hydrogens is 236 g/mol. The van der Waals surface area contributed by atoms with E-state index in [1.165, 1.54) is 4.90 Å². The van der Waals surface area contributed by atoms with Crippen LogP contribution >= 0.6 is 0 Å². The molecule has 0 bridgehead atoms. The minimum atomic E-state index is -0.748. The van der Waals surface area contributed by atoms with Gasteiger partial charge < -0.3 is 4.74 Å². The van der Waals surface area contributed by atoms with E-state index in [1.807, 2.05) is 6.92 Å². The molecule has 6 nitrogen and oxygen atoms in total. The summed E-state index contributed by atoms with van der Waals surface area (Å²) in [6.07, 6.45) is 1.62. The third-order valence-electron chi connectivity index (χ3n) is 3.79. The number of carbonyl (C=O) groups excluding carboxylic acids is 3. The number of urea groups is 1. The Kier molecular flexibility index (Phi) is 3.38. The second-order valence-corrected chi connectivity index (χ2v) is 5.04. The van der Waals surface area contributed by atoms with Crippen LogP contribution in [0, 0.1) is 5.92 Å².